The number of aromatic hydroxyl groups is 3. The van der Waals surface area contributed by atoms with Crippen molar-refractivity contribution in [3.63, 3.8) is 0 Å². The predicted molar refractivity (Wildman–Crippen MR) is 272 cm³/mol. The van der Waals surface area contributed by atoms with E-state index < -0.39 is 133 Å². The minimum atomic E-state index is -1.93. The molecule has 2 aliphatic heterocycles. The number of nitrogens with zero attached hydrogens (tertiary/aromatic N) is 2. The van der Waals surface area contributed by atoms with Crippen LogP contribution in [0.15, 0.2) is 72.8 Å². The minimum Gasteiger partial charge on any atom is -0.508 e. The minimum absolute atomic E-state index is 0.0106. The van der Waals surface area contributed by atoms with Crippen LogP contribution in [0.1, 0.15) is 83.4 Å². The van der Waals surface area contributed by atoms with Crippen LogP contribution in [0.4, 0.5) is 0 Å². The number of esters is 1. The molecule has 2 aliphatic rings. The highest BCUT2D eigenvalue weighted by molar-refractivity contribution is 5.98. The molecule has 0 saturated carbocycles. The van der Waals surface area contributed by atoms with Crippen molar-refractivity contribution in [2.45, 2.75) is 147 Å². The van der Waals surface area contributed by atoms with Crippen molar-refractivity contribution in [3.8, 4) is 17.2 Å². The number of likely N-dealkylation sites (N-methyl/N-ethyl adjacent to an activating group) is 1. The molecule has 2 heterocycles. The van der Waals surface area contributed by atoms with Crippen LogP contribution < -0.4 is 32.3 Å². The van der Waals surface area contributed by atoms with E-state index in [0.29, 0.717) is 16.7 Å². The smallest absolute Gasteiger partial charge is 0.329 e. The Bertz CT molecular complexity index is 2560. The van der Waals surface area contributed by atoms with Crippen LogP contribution in [0.5, 0.6) is 17.2 Å². The summed E-state index contributed by atoms with van der Waals surface area (Å²) in [5, 5.41) is 64.9. The van der Waals surface area contributed by atoms with Crippen molar-refractivity contribution in [2.24, 2.45) is 17.6 Å². The number of fused-ring (bicyclic) bond motifs is 2. The number of nitrogens with one attached hydrogen (secondary N) is 5. The molecule has 2 fully saturated rings. The summed E-state index contributed by atoms with van der Waals surface area (Å²) in [6.07, 6.45) is -6.83. The van der Waals surface area contributed by atoms with Gasteiger partial charge in [-0.1, -0.05) is 64.1 Å². The number of piperidine rings is 1. The lowest BCUT2D eigenvalue weighted by Gasteiger charge is -2.43. The Kier molecular flexibility index (Phi) is 20.7. The lowest BCUT2D eigenvalue weighted by atomic mass is 9.94. The van der Waals surface area contributed by atoms with Crippen molar-refractivity contribution >= 4 is 53.2 Å². The highest BCUT2D eigenvalue weighted by Gasteiger charge is 2.46. The second-order valence-corrected chi connectivity index (χ2v) is 20.1. The SMILES string of the molecule is CC(C)C[C@H]1C(=O)N(C)[C@@H](Cc2ccc(O)cc2)C(=O)N[C@@H](C(C)C)C(=O)O[C@@H](C)[C@H](NC(=O)[C@H](Cc2ccc(O)cc2)NC(=O)[C@H](O)Cc2ccc(O)cc2)C(=O)N[C@@H](CCC(N)=O)C(=O)N[C@H]2CC[C@@H](O)N1C2=O. The Hall–Kier alpha value is -7.79. The summed E-state index contributed by atoms with van der Waals surface area (Å²) in [7, 11) is 1.33. The third-order valence-electron chi connectivity index (χ3n) is 13.3. The number of phenolic OH excluding ortho intramolecular Hbond substituents is 3. The normalized spacial score (nSPS) is 24.0. The largest absolute Gasteiger partial charge is 0.508 e. The van der Waals surface area contributed by atoms with Gasteiger partial charge in [-0.3, -0.25) is 38.4 Å². The number of benzene rings is 3. The molecule has 2 bridgehead atoms. The molecule has 10 atom stereocenters. The van der Waals surface area contributed by atoms with Crippen LogP contribution in [0.25, 0.3) is 0 Å². The van der Waals surface area contributed by atoms with Crippen molar-refractivity contribution in [1.29, 1.82) is 0 Å². The summed E-state index contributed by atoms with van der Waals surface area (Å²) in [6, 6.07) is 6.16. The van der Waals surface area contributed by atoms with Gasteiger partial charge < -0.3 is 72.4 Å². The van der Waals surface area contributed by atoms with Gasteiger partial charge in [0.15, 0.2) is 0 Å². The van der Waals surface area contributed by atoms with Gasteiger partial charge in [-0.05, 0) is 97.5 Å². The molecule has 12 N–H and O–H groups in total. The van der Waals surface area contributed by atoms with Crippen molar-refractivity contribution in [3.05, 3.63) is 89.5 Å². The molecule has 0 radical (unpaired) electrons. The molecule has 2 saturated heterocycles. The zero-order valence-electron chi connectivity index (χ0n) is 43.3. The lowest BCUT2D eigenvalue weighted by Crippen LogP contribution is -2.65. The van der Waals surface area contributed by atoms with E-state index >= 15 is 0 Å². The van der Waals surface area contributed by atoms with Crippen LogP contribution in [0.3, 0.4) is 0 Å². The molecule has 0 aliphatic carbocycles. The Morgan fingerprint density at radius 2 is 1.28 bits per heavy atom. The molecule has 0 aromatic heterocycles. The van der Waals surface area contributed by atoms with E-state index in [9.17, 15) is 68.7 Å². The van der Waals surface area contributed by atoms with Gasteiger partial charge in [-0.25, -0.2) is 4.79 Å². The van der Waals surface area contributed by atoms with E-state index in [1.54, 1.807) is 27.7 Å². The standard InChI is InChI=1S/C53H70N8O15/c1-27(2)23-40-52(74)60(6)39(25-31-9-15-34(63)16-10-31)48(70)58-44(28(3)4)53(75)76-29(5)45(50(72)55-36(19-21-42(54)66)46(68)56-37-20-22-43(67)61(40)51(37)73)59-47(69)38(24-30-7-13-33(62)14-8-30)57-49(71)41(65)26-32-11-17-35(64)18-12-32/h7-18,27-29,36-41,43-45,62-65,67H,19-26H2,1-6H3,(H2,54,66)(H,55,72)(H,56,68)(H,57,71)(H,58,70)(H,59,69)/t29-,36-,37-,38-,39-,40-,41+,43+,44-,45-/m0/s1. The Labute approximate surface area is 439 Å². The number of amides is 8. The number of aliphatic hydroxyl groups is 2. The molecule has 23 nitrogen and oxygen atoms in total. The van der Waals surface area contributed by atoms with Gasteiger partial charge >= 0.3 is 5.97 Å². The second kappa shape index (κ2) is 26.6. The lowest BCUT2D eigenvalue weighted by molar-refractivity contribution is -0.166. The van der Waals surface area contributed by atoms with Crippen LogP contribution in [0.2, 0.25) is 0 Å². The zero-order valence-corrected chi connectivity index (χ0v) is 43.3. The predicted octanol–water partition coefficient (Wildman–Crippen LogP) is -0.334. The number of phenols is 3. The van der Waals surface area contributed by atoms with Crippen LogP contribution in [-0.2, 0) is 67.2 Å². The third-order valence-corrected chi connectivity index (χ3v) is 13.3. The Morgan fingerprint density at radius 3 is 1.82 bits per heavy atom. The first-order chi connectivity index (χ1) is 35.8. The molecular weight excluding hydrogens is 989 g/mol. The number of rotatable bonds is 16. The van der Waals surface area contributed by atoms with E-state index in [1.165, 1.54) is 86.8 Å². The molecular formula is C53H70N8O15. The number of cyclic esters (lactones) is 1. The zero-order chi connectivity index (χ0) is 56.1. The molecule has 5 rings (SSSR count). The maximum Gasteiger partial charge on any atom is 0.329 e. The van der Waals surface area contributed by atoms with Gasteiger partial charge in [0.05, 0.1) is 0 Å². The van der Waals surface area contributed by atoms with Gasteiger partial charge in [0, 0.05) is 32.7 Å². The number of primary amides is 1. The average Bonchev–Trinajstić information content (AvgIpc) is 3.36. The molecule has 23 heteroatoms. The molecule has 412 valence electrons. The number of aliphatic hydroxyl groups excluding tert-OH is 2. The summed E-state index contributed by atoms with van der Waals surface area (Å²) >= 11 is 0. The fourth-order valence-corrected chi connectivity index (χ4v) is 8.93. The van der Waals surface area contributed by atoms with E-state index in [2.05, 4.69) is 26.6 Å². The molecule has 8 amide bonds. The monoisotopic (exact) mass is 1060 g/mol. The quantitative estimate of drug-likeness (QED) is 0.0819. The van der Waals surface area contributed by atoms with E-state index in [4.69, 9.17) is 10.5 Å². The number of ether oxygens (including phenoxy) is 1. The van der Waals surface area contributed by atoms with E-state index in [0.717, 1.165) is 9.80 Å². The molecule has 3 aromatic rings. The van der Waals surface area contributed by atoms with Crippen molar-refractivity contribution in [2.75, 3.05) is 7.05 Å². The fourth-order valence-electron chi connectivity index (χ4n) is 8.93. The molecule has 0 spiro atoms. The highest BCUT2D eigenvalue weighted by atomic mass is 16.5. The van der Waals surface area contributed by atoms with Crippen molar-refractivity contribution < 1.29 is 73.4 Å². The number of hydrogen-bond acceptors (Lipinski definition) is 15. The number of hydrogen-bond donors (Lipinski definition) is 11. The van der Waals surface area contributed by atoms with E-state index in [1.807, 2.05) is 0 Å². The first-order valence-electron chi connectivity index (χ1n) is 25.1. The average molecular weight is 1060 g/mol. The summed E-state index contributed by atoms with van der Waals surface area (Å²) in [5.74, 6) is -10.0. The van der Waals surface area contributed by atoms with E-state index in [-0.39, 0.29) is 61.7 Å². The molecule has 0 unspecified atom stereocenters. The van der Waals surface area contributed by atoms with Crippen LogP contribution in [-0.4, -0.2) is 156 Å². The van der Waals surface area contributed by atoms with Crippen LogP contribution in [0, 0.1) is 11.8 Å². The summed E-state index contributed by atoms with van der Waals surface area (Å²) < 4.78 is 5.88. The number of carbonyl (C=O) groups is 9. The number of carbonyl (C=O) groups excluding carboxylic acids is 9. The van der Waals surface area contributed by atoms with Gasteiger partial charge in [0.25, 0.3) is 0 Å². The topological polar surface area (TPSA) is 357 Å². The summed E-state index contributed by atoms with van der Waals surface area (Å²) in [4.78, 5) is 130. The highest BCUT2D eigenvalue weighted by Crippen LogP contribution is 2.27. The van der Waals surface area contributed by atoms with Gasteiger partial charge in [0.2, 0.25) is 47.3 Å². The van der Waals surface area contributed by atoms with Gasteiger partial charge in [0.1, 0.15) is 78.0 Å². The van der Waals surface area contributed by atoms with Crippen LogP contribution >= 0.6 is 0 Å². The summed E-state index contributed by atoms with van der Waals surface area (Å²) in [6.45, 7) is 7.95. The van der Waals surface area contributed by atoms with Gasteiger partial charge in [-0.2, -0.15) is 0 Å². The molecule has 3 aromatic carbocycles. The van der Waals surface area contributed by atoms with Gasteiger partial charge in [-0.15, -0.1) is 0 Å². The first-order valence-corrected chi connectivity index (χ1v) is 25.1. The summed E-state index contributed by atoms with van der Waals surface area (Å²) in [5.41, 5.74) is 6.81. The maximum absolute atomic E-state index is 14.8. The second-order valence-electron chi connectivity index (χ2n) is 20.1. The number of nitrogens with two attached hydrogens (primary N) is 1. The third kappa shape index (κ3) is 16.1. The first kappa shape index (κ1) is 59.1. The van der Waals surface area contributed by atoms with Crippen molar-refractivity contribution in [1.82, 2.24) is 36.4 Å². The fraction of sp³-hybridized carbons (Fsp3) is 0.491. The Morgan fingerprint density at radius 1 is 0.724 bits per heavy atom. The molecule has 76 heavy (non-hydrogen) atoms. The maximum atomic E-state index is 14.8. The Balaban J connectivity index is 1.59.